The molecule has 2 aliphatic heterocycles. The molecule has 1 aromatic carbocycles. The zero-order chi connectivity index (χ0) is 20.3. The summed E-state index contributed by atoms with van der Waals surface area (Å²) < 4.78 is 10.8. The number of rotatable bonds is 4. The monoisotopic (exact) mass is 390 g/mol. The van der Waals surface area contributed by atoms with Crippen LogP contribution >= 0.6 is 0 Å². The third-order valence-electron chi connectivity index (χ3n) is 4.92. The van der Waals surface area contributed by atoms with Gasteiger partial charge in [0, 0.05) is 18.8 Å². The smallest absolute Gasteiger partial charge is 0.412 e. The summed E-state index contributed by atoms with van der Waals surface area (Å²) in [5, 5.41) is 0.475. The largest absolute Gasteiger partial charge is 0.444 e. The maximum Gasteiger partial charge on any atom is 0.412 e. The lowest BCUT2D eigenvalue weighted by Gasteiger charge is -2.40. The Morgan fingerprint density at radius 3 is 2.39 bits per heavy atom. The number of hydroxylamine groups is 2. The number of hydrogen-bond donors (Lipinski definition) is 0. The van der Waals surface area contributed by atoms with Gasteiger partial charge in [0.05, 0.1) is 6.10 Å². The number of nitrogens with zero attached hydrogens (tertiary/aromatic N) is 2. The highest BCUT2D eigenvalue weighted by Crippen LogP contribution is 2.26. The van der Waals surface area contributed by atoms with E-state index in [1.54, 1.807) is 26.0 Å². The third kappa shape index (κ3) is 4.14. The highest BCUT2D eigenvalue weighted by Gasteiger charge is 2.45. The number of carbonyl (C=O) groups excluding carboxylic acids is 4. The second-order valence-electron chi connectivity index (χ2n) is 6.81. The molecule has 2 aliphatic rings. The van der Waals surface area contributed by atoms with Crippen molar-refractivity contribution in [2.24, 2.45) is 5.92 Å². The van der Waals surface area contributed by atoms with Crippen molar-refractivity contribution in [3.05, 3.63) is 35.9 Å². The van der Waals surface area contributed by atoms with Crippen molar-refractivity contribution < 1.29 is 33.5 Å². The molecule has 3 atom stereocenters. The lowest BCUT2D eigenvalue weighted by atomic mass is 9.94. The molecule has 1 aromatic rings. The minimum absolute atomic E-state index is 0.00528. The second-order valence-corrected chi connectivity index (χ2v) is 6.81. The Kier molecular flexibility index (Phi) is 5.93. The van der Waals surface area contributed by atoms with Gasteiger partial charge in [-0.2, -0.15) is 0 Å². The molecule has 2 fully saturated rings. The van der Waals surface area contributed by atoms with Gasteiger partial charge in [-0.15, -0.1) is 5.06 Å². The maximum atomic E-state index is 12.7. The van der Waals surface area contributed by atoms with Gasteiger partial charge in [0.15, 0.2) is 0 Å². The molecule has 0 radical (unpaired) electrons. The van der Waals surface area contributed by atoms with Crippen molar-refractivity contribution in [3.8, 4) is 0 Å². The summed E-state index contributed by atoms with van der Waals surface area (Å²) in [5.41, 5.74) is 0.794. The highest BCUT2D eigenvalue weighted by molar-refractivity contribution is 6.01. The molecule has 150 valence electrons. The normalized spacial score (nSPS) is 25.0. The molecule has 9 heteroatoms. The van der Waals surface area contributed by atoms with Crippen LogP contribution < -0.4 is 0 Å². The Bertz CT molecular complexity index is 751. The predicted octanol–water partition coefficient (Wildman–Crippen LogP) is 1.61. The summed E-state index contributed by atoms with van der Waals surface area (Å²) in [6.45, 7) is 3.36. The van der Waals surface area contributed by atoms with Gasteiger partial charge in [-0.3, -0.25) is 14.5 Å². The van der Waals surface area contributed by atoms with Crippen LogP contribution in [0.2, 0.25) is 0 Å². The third-order valence-corrected chi connectivity index (χ3v) is 4.92. The highest BCUT2D eigenvalue weighted by atomic mass is 16.7. The first-order chi connectivity index (χ1) is 13.4. The van der Waals surface area contributed by atoms with E-state index in [0.29, 0.717) is 5.06 Å². The molecule has 0 aromatic heterocycles. The van der Waals surface area contributed by atoms with Crippen LogP contribution in [0.25, 0.3) is 0 Å². The van der Waals surface area contributed by atoms with Crippen LogP contribution in [-0.2, 0) is 35.3 Å². The van der Waals surface area contributed by atoms with E-state index in [9.17, 15) is 19.2 Å². The molecule has 0 bridgehead atoms. The first kappa shape index (κ1) is 19.8. The van der Waals surface area contributed by atoms with Crippen molar-refractivity contribution in [2.75, 3.05) is 6.73 Å². The van der Waals surface area contributed by atoms with Gasteiger partial charge in [0.25, 0.3) is 11.8 Å². The molecule has 0 aliphatic carbocycles. The average molecular weight is 390 g/mol. The fourth-order valence-corrected chi connectivity index (χ4v) is 3.08. The van der Waals surface area contributed by atoms with Gasteiger partial charge in [0.1, 0.15) is 19.4 Å². The molecule has 2 saturated heterocycles. The van der Waals surface area contributed by atoms with Crippen LogP contribution in [0, 0.1) is 5.92 Å². The maximum absolute atomic E-state index is 12.7. The van der Waals surface area contributed by atoms with Crippen molar-refractivity contribution >= 4 is 23.9 Å². The van der Waals surface area contributed by atoms with E-state index in [2.05, 4.69) is 0 Å². The lowest BCUT2D eigenvalue weighted by molar-refractivity contribution is -0.209. The molecule has 0 saturated carbocycles. The Morgan fingerprint density at radius 2 is 1.75 bits per heavy atom. The Balaban J connectivity index is 1.70. The lowest BCUT2D eigenvalue weighted by Crippen LogP contribution is -2.58. The van der Waals surface area contributed by atoms with Gasteiger partial charge in [-0.25, -0.2) is 9.59 Å². The number of hydrogen-bond acceptors (Lipinski definition) is 7. The number of amides is 3. The van der Waals surface area contributed by atoms with Crippen LogP contribution in [-0.4, -0.2) is 52.7 Å². The van der Waals surface area contributed by atoms with Crippen molar-refractivity contribution in [1.29, 1.82) is 0 Å². The van der Waals surface area contributed by atoms with Gasteiger partial charge in [-0.05, 0) is 12.5 Å². The van der Waals surface area contributed by atoms with E-state index in [1.807, 2.05) is 18.2 Å². The Labute approximate surface area is 162 Å². The van der Waals surface area contributed by atoms with Crippen LogP contribution in [0.15, 0.2) is 30.3 Å². The summed E-state index contributed by atoms with van der Waals surface area (Å²) in [7, 11) is 0. The number of benzene rings is 1. The molecule has 3 rings (SSSR count). The first-order valence-corrected chi connectivity index (χ1v) is 9.05. The van der Waals surface area contributed by atoms with Crippen LogP contribution in [0.4, 0.5) is 4.79 Å². The Hall–Kier alpha value is -2.94. The van der Waals surface area contributed by atoms with Crippen LogP contribution in [0.1, 0.15) is 32.3 Å². The fraction of sp³-hybridized carbons (Fsp3) is 0.474. The zero-order valence-electron chi connectivity index (χ0n) is 15.7. The predicted molar refractivity (Wildman–Crippen MR) is 94.0 cm³/mol. The van der Waals surface area contributed by atoms with Gasteiger partial charge in [-0.1, -0.05) is 37.3 Å². The summed E-state index contributed by atoms with van der Waals surface area (Å²) in [4.78, 5) is 54.9. The van der Waals surface area contributed by atoms with Gasteiger partial charge < -0.3 is 14.3 Å². The number of carbonyl (C=O) groups is 4. The van der Waals surface area contributed by atoms with Crippen molar-refractivity contribution in [3.63, 3.8) is 0 Å². The van der Waals surface area contributed by atoms with E-state index in [-0.39, 0.29) is 32.3 Å². The second kappa shape index (κ2) is 8.39. The molecule has 28 heavy (non-hydrogen) atoms. The van der Waals surface area contributed by atoms with E-state index in [0.717, 1.165) is 10.5 Å². The molecule has 0 N–H and O–H groups in total. The number of ether oxygens (including phenoxy) is 2. The molecule has 9 nitrogen and oxygen atoms in total. The quantitative estimate of drug-likeness (QED) is 0.720. The molecule has 0 spiro atoms. The fourth-order valence-electron chi connectivity index (χ4n) is 3.08. The van der Waals surface area contributed by atoms with Crippen LogP contribution in [0.5, 0.6) is 0 Å². The molecular formula is C19H22N2O7. The molecule has 2 heterocycles. The van der Waals surface area contributed by atoms with E-state index < -0.39 is 35.8 Å². The van der Waals surface area contributed by atoms with Gasteiger partial charge in [0.2, 0.25) is 0 Å². The molecule has 3 amide bonds. The molecule has 2 unspecified atom stereocenters. The summed E-state index contributed by atoms with van der Waals surface area (Å²) >= 11 is 0. The van der Waals surface area contributed by atoms with E-state index in [4.69, 9.17) is 14.3 Å². The van der Waals surface area contributed by atoms with Crippen molar-refractivity contribution in [1.82, 2.24) is 9.96 Å². The summed E-state index contributed by atoms with van der Waals surface area (Å²) in [5.74, 6) is -2.46. The Morgan fingerprint density at radius 1 is 1.11 bits per heavy atom. The van der Waals surface area contributed by atoms with Crippen LogP contribution in [0.3, 0.4) is 0 Å². The minimum Gasteiger partial charge on any atom is -0.444 e. The molecular weight excluding hydrogens is 368 g/mol. The van der Waals surface area contributed by atoms with E-state index in [1.165, 1.54) is 0 Å². The topological polar surface area (TPSA) is 102 Å². The van der Waals surface area contributed by atoms with E-state index >= 15 is 0 Å². The minimum atomic E-state index is -1.05. The SMILES string of the molecule is CC1OCN(C(=O)OCc2ccccc2)C(C(=O)ON2C(=O)CCC2=O)[C@H]1C. The standard InChI is InChI=1S/C19H22N2O7/c1-12-13(2)27-11-20(19(25)26-10-14-6-4-3-5-7-14)17(12)18(24)28-21-15(22)8-9-16(21)23/h3-7,12-13,17H,8-11H2,1-2H3/t12-,13?,17?/m0/s1. The average Bonchev–Trinajstić information content (AvgIpc) is 3.00. The first-order valence-electron chi connectivity index (χ1n) is 9.05. The zero-order valence-corrected chi connectivity index (χ0v) is 15.7. The van der Waals surface area contributed by atoms with Gasteiger partial charge >= 0.3 is 12.1 Å². The summed E-state index contributed by atoms with van der Waals surface area (Å²) in [6, 6.07) is 8.05. The summed E-state index contributed by atoms with van der Waals surface area (Å²) in [6.07, 6.45) is -1.09. The number of imide groups is 1. The van der Waals surface area contributed by atoms with Crippen molar-refractivity contribution in [2.45, 2.75) is 45.4 Å².